The summed E-state index contributed by atoms with van der Waals surface area (Å²) in [5, 5.41) is 26.5. The van der Waals surface area contributed by atoms with Crippen LogP contribution in [0.1, 0.15) is 20.7 Å². The second-order valence-corrected chi connectivity index (χ2v) is 8.97. The molecule has 0 spiro atoms. The summed E-state index contributed by atoms with van der Waals surface area (Å²) in [5.74, 6) is -0.391. The molecule has 9 nitrogen and oxygen atoms in total. The number of quaternary nitrogens is 1. The molecular formula is C32H26N6O3. The van der Waals surface area contributed by atoms with Gasteiger partial charge in [-0.15, -0.1) is 0 Å². The maximum atomic E-state index is 12.7. The molecule has 5 aromatic carbocycles. The lowest BCUT2D eigenvalue weighted by atomic mass is 10.2. The summed E-state index contributed by atoms with van der Waals surface area (Å²) in [5.41, 5.74) is 7.52. The second-order valence-electron chi connectivity index (χ2n) is 8.97. The molecule has 0 aliphatic heterocycles. The molecule has 2 amide bonds. The van der Waals surface area contributed by atoms with E-state index in [0.717, 1.165) is 0 Å². The standard InChI is InChI=1S/C32H26N6O3/c39-31(23-7-3-1-4-8-23)33-25-11-15-27(16-12-25)35-36-28-19-21-30(22-20-28)38(41)37-29-17-13-26(14-18-29)34-32(40)24-9-5-2-6-10-24/h1-22,37-38H,(H,33,39)(H,34,40). The number of benzene rings is 5. The Labute approximate surface area is 236 Å². The van der Waals surface area contributed by atoms with Gasteiger partial charge in [0.25, 0.3) is 11.8 Å². The lowest BCUT2D eigenvalue weighted by molar-refractivity contribution is -0.749. The minimum atomic E-state index is -0.275. The fourth-order valence-corrected chi connectivity index (χ4v) is 3.83. The van der Waals surface area contributed by atoms with Crippen molar-refractivity contribution in [1.29, 1.82) is 0 Å². The molecule has 1 unspecified atom stereocenters. The van der Waals surface area contributed by atoms with Gasteiger partial charge in [0.15, 0.2) is 5.69 Å². The number of carbonyl (C=O) groups excluding carboxylic acids is 2. The largest absolute Gasteiger partial charge is 0.603 e. The Morgan fingerprint density at radius 1 is 0.512 bits per heavy atom. The predicted molar refractivity (Wildman–Crippen MR) is 160 cm³/mol. The zero-order chi connectivity index (χ0) is 28.4. The van der Waals surface area contributed by atoms with Crippen LogP contribution in [0.2, 0.25) is 0 Å². The summed E-state index contributed by atoms with van der Waals surface area (Å²) in [6.07, 6.45) is 0. The summed E-state index contributed by atoms with van der Waals surface area (Å²) in [6, 6.07) is 38.6. The van der Waals surface area contributed by atoms with Crippen molar-refractivity contribution in [3.63, 3.8) is 0 Å². The van der Waals surface area contributed by atoms with Crippen LogP contribution in [0, 0.1) is 5.21 Å². The highest BCUT2D eigenvalue weighted by atomic mass is 16.5. The van der Waals surface area contributed by atoms with Gasteiger partial charge in [0, 0.05) is 34.6 Å². The van der Waals surface area contributed by atoms with Crippen molar-refractivity contribution < 1.29 is 14.8 Å². The van der Waals surface area contributed by atoms with Gasteiger partial charge >= 0.3 is 0 Å². The van der Waals surface area contributed by atoms with Crippen LogP contribution in [0.5, 0.6) is 0 Å². The minimum absolute atomic E-state index is 0.187. The number of anilines is 3. The van der Waals surface area contributed by atoms with Crippen molar-refractivity contribution in [3.05, 3.63) is 150 Å². The first-order chi connectivity index (χ1) is 20.0. The highest BCUT2D eigenvalue weighted by molar-refractivity contribution is 6.04. The fourth-order valence-electron chi connectivity index (χ4n) is 3.83. The number of nitrogens with zero attached hydrogens (tertiary/aromatic N) is 2. The Bertz CT molecular complexity index is 1620. The molecule has 5 aromatic rings. The monoisotopic (exact) mass is 542 g/mol. The summed E-state index contributed by atoms with van der Waals surface area (Å²) in [4.78, 5) is 24.6. The number of nitrogens with one attached hydrogen (secondary N) is 4. The van der Waals surface area contributed by atoms with Gasteiger partial charge in [-0.25, -0.2) is 10.6 Å². The van der Waals surface area contributed by atoms with Crippen LogP contribution in [0.25, 0.3) is 0 Å². The van der Waals surface area contributed by atoms with Crippen LogP contribution in [0.3, 0.4) is 0 Å². The number of hydrogen-bond acceptors (Lipinski definition) is 6. The maximum Gasteiger partial charge on any atom is 0.255 e. The van der Waals surface area contributed by atoms with Gasteiger partial charge in [-0.1, -0.05) is 36.4 Å². The zero-order valence-corrected chi connectivity index (χ0v) is 21.8. The average Bonchev–Trinajstić information content (AvgIpc) is 3.02. The topological polar surface area (TPSA) is 122 Å². The molecule has 0 aromatic heterocycles. The predicted octanol–water partition coefficient (Wildman–Crippen LogP) is 6.65. The molecule has 0 fully saturated rings. The van der Waals surface area contributed by atoms with Crippen LogP contribution in [0.4, 0.5) is 34.1 Å². The minimum Gasteiger partial charge on any atom is -0.603 e. The Balaban J connectivity index is 1.12. The zero-order valence-electron chi connectivity index (χ0n) is 21.8. The summed E-state index contributed by atoms with van der Waals surface area (Å²) in [6.45, 7) is 0. The van der Waals surface area contributed by atoms with Crippen molar-refractivity contribution in [1.82, 2.24) is 0 Å². The Hall–Kier alpha value is -5.64. The van der Waals surface area contributed by atoms with E-state index in [0.29, 0.717) is 45.3 Å². The fraction of sp³-hybridized carbons (Fsp3) is 0. The summed E-state index contributed by atoms with van der Waals surface area (Å²) in [7, 11) is 0. The van der Waals surface area contributed by atoms with Crippen molar-refractivity contribution in [2.24, 2.45) is 10.2 Å². The highest BCUT2D eigenvalue weighted by Gasteiger charge is 2.08. The van der Waals surface area contributed by atoms with Crippen LogP contribution in [-0.2, 0) is 0 Å². The first-order valence-electron chi connectivity index (χ1n) is 12.8. The molecule has 0 heterocycles. The van der Waals surface area contributed by atoms with E-state index in [1.807, 2.05) is 24.3 Å². The third kappa shape index (κ3) is 7.48. The maximum absolute atomic E-state index is 12.7. The molecule has 4 N–H and O–H groups in total. The molecule has 1 atom stereocenters. The van der Waals surface area contributed by atoms with Crippen molar-refractivity contribution in [3.8, 4) is 0 Å². The van der Waals surface area contributed by atoms with Gasteiger partial charge in [0.2, 0.25) is 0 Å². The van der Waals surface area contributed by atoms with Gasteiger partial charge < -0.3 is 15.8 Å². The quantitative estimate of drug-likeness (QED) is 0.123. The number of azo groups is 1. The summed E-state index contributed by atoms with van der Waals surface area (Å²) < 4.78 is 0. The van der Waals surface area contributed by atoms with E-state index >= 15 is 0 Å². The van der Waals surface area contributed by atoms with Gasteiger partial charge in [-0.3, -0.25) is 9.59 Å². The molecule has 0 aliphatic rings. The Morgan fingerprint density at radius 3 is 1.37 bits per heavy atom. The van der Waals surface area contributed by atoms with E-state index in [2.05, 4.69) is 26.3 Å². The Kier molecular flexibility index (Phi) is 8.50. The molecule has 0 saturated heterocycles. The molecule has 0 bridgehead atoms. The molecule has 202 valence electrons. The number of hydrogen-bond donors (Lipinski definition) is 4. The third-order valence-corrected chi connectivity index (χ3v) is 6.01. The van der Waals surface area contributed by atoms with E-state index in [1.165, 1.54) is 0 Å². The Morgan fingerprint density at radius 2 is 0.902 bits per heavy atom. The number of amides is 2. The molecule has 5 rings (SSSR count). The molecule has 0 aliphatic carbocycles. The van der Waals surface area contributed by atoms with Crippen LogP contribution < -0.4 is 21.2 Å². The third-order valence-electron chi connectivity index (χ3n) is 6.01. The molecule has 0 saturated carbocycles. The van der Waals surface area contributed by atoms with Crippen LogP contribution in [-0.4, -0.2) is 11.8 Å². The number of rotatable bonds is 9. The van der Waals surface area contributed by atoms with Crippen LogP contribution in [0.15, 0.2) is 144 Å². The molecule has 41 heavy (non-hydrogen) atoms. The lowest BCUT2D eigenvalue weighted by Gasteiger charge is -2.22. The molecular weight excluding hydrogens is 516 g/mol. The van der Waals surface area contributed by atoms with E-state index in [1.54, 1.807) is 109 Å². The van der Waals surface area contributed by atoms with Crippen molar-refractivity contribution >= 4 is 45.9 Å². The van der Waals surface area contributed by atoms with Gasteiger partial charge in [0.1, 0.15) is 0 Å². The van der Waals surface area contributed by atoms with E-state index in [9.17, 15) is 14.8 Å². The van der Waals surface area contributed by atoms with Crippen LogP contribution >= 0.6 is 0 Å². The normalized spacial score (nSPS) is 11.5. The first kappa shape index (κ1) is 26.9. The van der Waals surface area contributed by atoms with Crippen molar-refractivity contribution in [2.45, 2.75) is 0 Å². The smallest absolute Gasteiger partial charge is 0.255 e. The van der Waals surface area contributed by atoms with Gasteiger partial charge in [-0.05, 0) is 84.9 Å². The molecule has 9 heteroatoms. The molecule has 0 radical (unpaired) electrons. The van der Waals surface area contributed by atoms with Crippen molar-refractivity contribution in [2.75, 3.05) is 16.1 Å². The first-order valence-corrected chi connectivity index (χ1v) is 12.8. The van der Waals surface area contributed by atoms with Gasteiger partial charge in [-0.2, -0.15) is 10.2 Å². The SMILES string of the molecule is O=C(Nc1ccc(N=Nc2ccc([NH+]([O-])Nc3ccc(NC(=O)c4ccccc4)cc3)cc2)cc1)c1ccccc1. The van der Waals surface area contributed by atoms with E-state index in [-0.39, 0.29) is 17.0 Å². The van der Waals surface area contributed by atoms with E-state index < -0.39 is 0 Å². The highest BCUT2D eigenvalue weighted by Crippen LogP contribution is 2.22. The number of carbonyl (C=O) groups is 2. The van der Waals surface area contributed by atoms with E-state index in [4.69, 9.17) is 0 Å². The lowest BCUT2D eigenvalue weighted by Crippen LogP contribution is -3.05. The average molecular weight is 543 g/mol. The summed E-state index contributed by atoms with van der Waals surface area (Å²) >= 11 is 0. The second kappa shape index (κ2) is 12.9. The van der Waals surface area contributed by atoms with Gasteiger partial charge in [0.05, 0.1) is 17.1 Å².